The van der Waals surface area contributed by atoms with Crippen molar-refractivity contribution in [2.45, 2.75) is 31.7 Å². The Hall–Kier alpha value is -5.33. The van der Waals surface area contributed by atoms with Crippen LogP contribution in [0.1, 0.15) is 44.6 Å². The molecule has 0 saturated carbocycles. The molecule has 0 heterocycles. The van der Waals surface area contributed by atoms with Gasteiger partial charge in [-0.3, -0.25) is 14.5 Å². The summed E-state index contributed by atoms with van der Waals surface area (Å²) in [5.41, 5.74) is 0.317. The quantitative estimate of drug-likeness (QED) is 0.169. The Kier molecular flexibility index (Phi) is 8.77. The molecule has 46 heavy (non-hydrogen) atoms. The first-order valence-electron chi connectivity index (χ1n) is 13.8. The first-order valence-corrected chi connectivity index (χ1v) is 13.8. The Labute approximate surface area is 258 Å². The van der Waals surface area contributed by atoms with Gasteiger partial charge in [0.2, 0.25) is 0 Å². The van der Waals surface area contributed by atoms with Crippen molar-refractivity contribution in [3.05, 3.63) is 118 Å². The topological polar surface area (TPSA) is 95.9 Å². The maximum Gasteiger partial charge on any atom is 0.420 e. The number of ether oxygens (including phenoxy) is 1. The zero-order valence-corrected chi connectivity index (χ0v) is 23.7. The highest BCUT2D eigenvalue weighted by molar-refractivity contribution is 5.96. The lowest BCUT2D eigenvalue weighted by Gasteiger charge is -2.24. The largest absolute Gasteiger partial charge is 0.481 e. The fourth-order valence-electron chi connectivity index (χ4n) is 5.05. The van der Waals surface area contributed by atoms with Crippen LogP contribution < -0.4 is 15.0 Å². The molecule has 0 fully saturated rings. The molecular formula is C33H24F6N2O5. The van der Waals surface area contributed by atoms with Crippen molar-refractivity contribution in [1.82, 2.24) is 5.32 Å². The molecule has 4 aromatic carbocycles. The second-order valence-electron chi connectivity index (χ2n) is 10.5. The van der Waals surface area contributed by atoms with Gasteiger partial charge in [0.15, 0.2) is 0 Å². The van der Waals surface area contributed by atoms with Gasteiger partial charge in [-0.1, -0.05) is 30.3 Å². The minimum Gasteiger partial charge on any atom is -0.481 e. The van der Waals surface area contributed by atoms with Gasteiger partial charge in [-0.2, -0.15) is 26.3 Å². The normalized spacial score (nSPS) is 12.2. The lowest BCUT2D eigenvalue weighted by atomic mass is 10.0. The van der Waals surface area contributed by atoms with Gasteiger partial charge in [0.05, 0.1) is 24.1 Å². The maximum atomic E-state index is 13.6. The number of aliphatic carboxylic acids is 1. The summed E-state index contributed by atoms with van der Waals surface area (Å²) in [4.78, 5) is 37.5. The summed E-state index contributed by atoms with van der Waals surface area (Å²) in [6.45, 7) is -0.902. The minimum absolute atomic E-state index is 0.00422. The lowest BCUT2D eigenvalue weighted by molar-refractivity contribution is -0.143. The standard InChI is InChI=1S/C33H24F6N2O5/c34-32(35,36)23-13-19(14-24(16-23)33(37,38)39)18-41(25-8-5-20(6-9-25)30(44)40-12-11-29(42)43)31(45)46-26-10-7-22-15-21-3-1-2-4-27(21)28(22)17-26/h1-10,13-14,16-17H,11-12,15,18H2,(H,40,44)(H,42,43). The second-order valence-corrected chi connectivity index (χ2v) is 10.5. The zero-order valence-electron chi connectivity index (χ0n) is 23.7. The smallest absolute Gasteiger partial charge is 0.420 e. The summed E-state index contributed by atoms with van der Waals surface area (Å²) < 4.78 is 87.0. The van der Waals surface area contributed by atoms with Crippen LogP contribution >= 0.6 is 0 Å². The van der Waals surface area contributed by atoms with E-state index in [4.69, 9.17) is 9.84 Å². The highest BCUT2D eigenvalue weighted by Gasteiger charge is 2.37. The van der Waals surface area contributed by atoms with Crippen molar-refractivity contribution >= 4 is 23.7 Å². The molecule has 2 N–H and O–H groups in total. The Morgan fingerprint density at radius 3 is 2.04 bits per heavy atom. The number of carbonyl (C=O) groups excluding carboxylic acids is 2. The van der Waals surface area contributed by atoms with E-state index < -0.39 is 53.6 Å². The van der Waals surface area contributed by atoms with E-state index in [0.29, 0.717) is 18.6 Å². The Morgan fingerprint density at radius 2 is 1.41 bits per heavy atom. The molecule has 0 spiro atoms. The van der Waals surface area contributed by atoms with Gasteiger partial charge in [0.1, 0.15) is 5.75 Å². The predicted molar refractivity (Wildman–Crippen MR) is 154 cm³/mol. The van der Waals surface area contributed by atoms with E-state index in [1.54, 1.807) is 12.1 Å². The average molecular weight is 643 g/mol. The van der Waals surface area contributed by atoms with E-state index in [1.165, 1.54) is 30.3 Å². The van der Waals surface area contributed by atoms with E-state index >= 15 is 0 Å². The fourth-order valence-corrected chi connectivity index (χ4v) is 5.05. The third-order valence-corrected chi connectivity index (χ3v) is 7.25. The van der Waals surface area contributed by atoms with Crippen molar-refractivity contribution < 1.29 is 50.6 Å². The molecular weight excluding hydrogens is 618 g/mol. The molecule has 238 valence electrons. The van der Waals surface area contributed by atoms with Gasteiger partial charge < -0.3 is 15.2 Å². The zero-order chi connectivity index (χ0) is 33.2. The Bertz CT molecular complexity index is 1770. The molecule has 2 amide bonds. The molecule has 1 aliphatic carbocycles. The van der Waals surface area contributed by atoms with Crippen molar-refractivity contribution in [3.8, 4) is 16.9 Å². The molecule has 7 nitrogen and oxygen atoms in total. The van der Waals surface area contributed by atoms with Gasteiger partial charge in [0.25, 0.3) is 5.91 Å². The number of anilines is 1. The summed E-state index contributed by atoms with van der Waals surface area (Å²) in [5, 5.41) is 11.2. The van der Waals surface area contributed by atoms with Crippen molar-refractivity contribution in [2.75, 3.05) is 11.4 Å². The lowest BCUT2D eigenvalue weighted by Crippen LogP contribution is -2.33. The van der Waals surface area contributed by atoms with Crippen LogP contribution in [0.2, 0.25) is 0 Å². The SMILES string of the molecule is O=C(O)CCNC(=O)c1ccc(N(Cc2cc(C(F)(F)F)cc(C(F)(F)F)c2)C(=O)Oc2ccc3c(c2)-c2ccccc2C3)cc1. The molecule has 1 aliphatic rings. The van der Waals surface area contributed by atoms with Crippen LogP contribution in [-0.4, -0.2) is 29.6 Å². The van der Waals surface area contributed by atoms with Crippen LogP contribution in [0.4, 0.5) is 36.8 Å². The monoisotopic (exact) mass is 642 g/mol. The highest BCUT2D eigenvalue weighted by Crippen LogP contribution is 2.39. The number of carbonyl (C=O) groups is 3. The van der Waals surface area contributed by atoms with Crippen molar-refractivity contribution in [1.29, 1.82) is 0 Å². The van der Waals surface area contributed by atoms with E-state index in [1.807, 2.05) is 24.3 Å². The minimum atomic E-state index is -5.10. The number of halogens is 6. The summed E-state index contributed by atoms with van der Waals surface area (Å²) in [5.74, 6) is -1.66. The number of alkyl halides is 6. The molecule has 0 saturated heterocycles. The van der Waals surface area contributed by atoms with Gasteiger partial charge in [0, 0.05) is 17.8 Å². The van der Waals surface area contributed by atoms with Crippen LogP contribution in [0, 0.1) is 0 Å². The summed E-state index contributed by atoms with van der Waals surface area (Å²) >= 11 is 0. The predicted octanol–water partition coefficient (Wildman–Crippen LogP) is 7.71. The van der Waals surface area contributed by atoms with E-state index in [-0.39, 0.29) is 36.0 Å². The summed E-state index contributed by atoms with van der Waals surface area (Å²) in [6, 6.07) is 18.7. The molecule has 0 unspecified atom stereocenters. The van der Waals surface area contributed by atoms with Crippen LogP contribution in [0.3, 0.4) is 0 Å². The van der Waals surface area contributed by atoms with Gasteiger partial charge >= 0.3 is 24.4 Å². The van der Waals surface area contributed by atoms with Gasteiger partial charge in [-0.15, -0.1) is 0 Å². The Balaban J connectivity index is 1.47. The maximum absolute atomic E-state index is 13.6. The van der Waals surface area contributed by atoms with Crippen molar-refractivity contribution in [2.24, 2.45) is 0 Å². The fraction of sp³-hybridized carbons (Fsp3) is 0.182. The van der Waals surface area contributed by atoms with E-state index in [2.05, 4.69) is 5.32 Å². The first-order chi connectivity index (χ1) is 21.7. The summed E-state index contributed by atoms with van der Waals surface area (Å²) in [7, 11) is 0. The number of nitrogens with one attached hydrogen (secondary N) is 1. The molecule has 0 atom stereocenters. The number of hydrogen-bond donors (Lipinski definition) is 2. The highest BCUT2D eigenvalue weighted by atomic mass is 19.4. The molecule has 0 bridgehead atoms. The third kappa shape index (κ3) is 7.31. The molecule has 0 aliphatic heterocycles. The van der Waals surface area contributed by atoms with E-state index in [0.717, 1.165) is 27.2 Å². The average Bonchev–Trinajstić information content (AvgIpc) is 3.37. The van der Waals surface area contributed by atoms with Gasteiger partial charge in [-0.05, 0) is 88.8 Å². The summed E-state index contributed by atoms with van der Waals surface area (Å²) in [6.07, 6.45) is -11.0. The van der Waals surface area contributed by atoms with Crippen molar-refractivity contribution in [3.63, 3.8) is 0 Å². The molecule has 0 aromatic heterocycles. The molecule has 0 radical (unpaired) electrons. The number of fused-ring (bicyclic) bond motifs is 3. The number of benzene rings is 4. The number of carboxylic acids is 1. The number of rotatable bonds is 8. The van der Waals surface area contributed by atoms with Crippen LogP contribution in [0.25, 0.3) is 11.1 Å². The molecule has 5 rings (SSSR count). The number of amides is 2. The number of nitrogens with zero attached hydrogens (tertiary/aromatic N) is 1. The van der Waals surface area contributed by atoms with Gasteiger partial charge in [-0.25, -0.2) is 4.79 Å². The first kappa shape index (κ1) is 32.1. The Morgan fingerprint density at radius 1 is 0.783 bits per heavy atom. The van der Waals surface area contributed by atoms with Crippen LogP contribution in [0.15, 0.2) is 84.9 Å². The number of hydrogen-bond acceptors (Lipinski definition) is 4. The third-order valence-electron chi connectivity index (χ3n) is 7.25. The van der Waals surface area contributed by atoms with E-state index in [9.17, 15) is 40.7 Å². The molecule has 13 heteroatoms. The number of carboxylic acid groups (broad SMARTS) is 1. The van der Waals surface area contributed by atoms with Crippen LogP contribution in [-0.2, 0) is 30.1 Å². The van der Waals surface area contributed by atoms with Crippen LogP contribution in [0.5, 0.6) is 5.75 Å². The molecule has 4 aromatic rings. The second kappa shape index (κ2) is 12.6.